The van der Waals surface area contributed by atoms with Gasteiger partial charge in [0, 0.05) is 6.07 Å². The Hall–Kier alpha value is -1.18. The Morgan fingerprint density at radius 1 is 1.00 bits per heavy atom. The van der Waals surface area contributed by atoms with Gasteiger partial charge < -0.3 is 9.47 Å². The van der Waals surface area contributed by atoms with E-state index in [1.807, 2.05) is 58.9 Å². The zero-order valence-electron chi connectivity index (χ0n) is 10.8. The summed E-state index contributed by atoms with van der Waals surface area (Å²) in [5.41, 5.74) is 0. The molecule has 0 aromatic heterocycles. The number of rotatable bonds is 3. The smallest absolute Gasteiger partial charge is 0.122 e. The lowest BCUT2D eigenvalue weighted by molar-refractivity contribution is 0.336. The molecule has 0 aliphatic carbocycles. The summed E-state index contributed by atoms with van der Waals surface area (Å²) in [6.45, 7) is 10.6. The molecule has 0 aliphatic heterocycles. The van der Waals surface area contributed by atoms with Crippen molar-refractivity contribution in [1.82, 2.24) is 0 Å². The zero-order valence-corrected chi connectivity index (χ0v) is 10.8. The molecule has 0 bridgehead atoms. The van der Waals surface area contributed by atoms with E-state index in [-0.39, 0.29) is 0 Å². The van der Waals surface area contributed by atoms with Crippen molar-refractivity contribution < 1.29 is 9.47 Å². The fraction of sp³-hybridized carbons (Fsp3) is 0.538. The van der Waals surface area contributed by atoms with E-state index in [9.17, 15) is 0 Å². The van der Waals surface area contributed by atoms with E-state index < -0.39 is 0 Å². The Labute approximate surface area is 94.2 Å². The first-order valence-electron chi connectivity index (χ1n) is 5.63. The van der Waals surface area contributed by atoms with Crippen LogP contribution in [-0.2, 0) is 0 Å². The average Bonchev–Trinajstić information content (AvgIpc) is 2.35. The molecule has 1 aromatic rings. The number of methoxy groups -OCH3 is 1. The van der Waals surface area contributed by atoms with Crippen molar-refractivity contribution in [3.63, 3.8) is 0 Å². The fourth-order valence-electron chi connectivity index (χ4n) is 0.858. The third-order valence-corrected chi connectivity index (χ3v) is 1.35. The summed E-state index contributed by atoms with van der Waals surface area (Å²) in [7, 11) is 1.64. The molecule has 0 aliphatic rings. The van der Waals surface area contributed by atoms with Gasteiger partial charge in [-0.05, 0) is 19.1 Å². The molecule has 1 aromatic carbocycles. The summed E-state index contributed by atoms with van der Waals surface area (Å²) < 4.78 is 10.3. The summed E-state index contributed by atoms with van der Waals surface area (Å²) in [6.07, 6.45) is 0. The van der Waals surface area contributed by atoms with Crippen LogP contribution in [0.3, 0.4) is 0 Å². The predicted octanol–water partition coefficient (Wildman–Crippen LogP) is 4.15. The van der Waals surface area contributed by atoms with Gasteiger partial charge in [-0.2, -0.15) is 0 Å². The van der Waals surface area contributed by atoms with Crippen LogP contribution in [0, 0.1) is 0 Å². The minimum absolute atomic E-state index is 0.688. The van der Waals surface area contributed by atoms with E-state index in [1.165, 1.54) is 0 Å². The van der Waals surface area contributed by atoms with Crippen molar-refractivity contribution in [2.75, 3.05) is 13.7 Å². The van der Waals surface area contributed by atoms with E-state index in [1.54, 1.807) is 7.11 Å². The van der Waals surface area contributed by atoms with Crippen molar-refractivity contribution in [2.45, 2.75) is 34.6 Å². The van der Waals surface area contributed by atoms with Gasteiger partial charge in [0.1, 0.15) is 11.5 Å². The maximum atomic E-state index is 5.27. The van der Waals surface area contributed by atoms with Crippen molar-refractivity contribution >= 4 is 0 Å². The molecule has 2 heteroatoms. The largest absolute Gasteiger partial charge is 0.497 e. The Morgan fingerprint density at radius 2 is 1.53 bits per heavy atom. The van der Waals surface area contributed by atoms with Gasteiger partial charge in [-0.1, -0.05) is 33.8 Å². The molecule has 0 N–H and O–H groups in total. The maximum Gasteiger partial charge on any atom is 0.122 e. The Morgan fingerprint density at radius 3 is 2.00 bits per heavy atom. The van der Waals surface area contributed by atoms with Crippen LogP contribution < -0.4 is 9.47 Å². The lowest BCUT2D eigenvalue weighted by Gasteiger charge is -2.04. The third-order valence-electron chi connectivity index (χ3n) is 1.35. The van der Waals surface area contributed by atoms with Gasteiger partial charge in [0.2, 0.25) is 0 Å². The first-order valence-corrected chi connectivity index (χ1v) is 5.63. The molecular weight excluding hydrogens is 188 g/mol. The van der Waals surface area contributed by atoms with E-state index in [0.717, 1.165) is 11.5 Å². The van der Waals surface area contributed by atoms with Gasteiger partial charge in [-0.3, -0.25) is 0 Å². The molecule has 0 radical (unpaired) electrons. The summed E-state index contributed by atoms with van der Waals surface area (Å²) in [6, 6.07) is 7.57. The second-order valence-corrected chi connectivity index (χ2v) is 2.11. The molecule has 0 atom stereocenters. The maximum absolute atomic E-state index is 5.27. The van der Waals surface area contributed by atoms with Crippen LogP contribution in [0.25, 0.3) is 0 Å². The minimum atomic E-state index is 0.688. The highest BCUT2D eigenvalue weighted by atomic mass is 16.5. The second kappa shape index (κ2) is 12.8. The van der Waals surface area contributed by atoms with Gasteiger partial charge >= 0.3 is 0 Å². The van der Waals surface area contributed by atoms with Gasteiger partial charge in [0.15, 0.2) is 0 Å². The van der Waals surface area contributed by atoms with Gasteiger partial charge in [0.05, 0.1) is 13.7 Å². The normalized spacial score (nSPS) is 7.60. The number of hydrogen-bond donors (Lipinski definition) is 0. The Bertz CT molecular complexity index is 222. The monoisotopic (exact) mass is 212 g/mol. The summed E-state index contributed by atoms with van der Waals surface area (Å²) in [4.78, 5) is 0. The van der Waals surface area contributed by atoms with Crippen LogP contribution >= 0.6 is 0 Å². The molecule has 0 amide bonds. The molecule has 0 heterocycles. The van der Waals surface area contributed by atoms with E-state index in [4.69, 9.17) is 9.47 Å². The highest BCUT2D eigenvalue weighted by Gasteiger charge is 1.93. The lowest BCUT2D eigenvalue weighted by atomic mass is 10.3. The SMILES string of the molecule is CC.CC.CCOc1cccc(OC)c1. The predicted molar refractivity (Wildman–Crippen MR) is 66.9 cm³/mol. The van der Waals surface area contributed by atoms with Crippen molar-refractivity contribution in [1.29, 1.82) is 0 Å². The molecule has 88 valence electrons. The van der Waals surface area contributed by atoms with Crippen molar-refractivity contribution in [2.24, 2.45) is 0 Å². The standard InChI is InChI=1S/C9H12O2.2C2H6/c1-3-11-9-6-4-5-8(7-9)10-2;2*1-2/h4-7H,3H2,1-2H3;2*1-2H3. The second-order valence-electron chi connectivity index (χ2n) is 2.11. The third kappa shape index (κ3) is 7.86. The van der Waals surface area contributed by atoms with Crippen LogP contribution in [0.15, 0.2) is 24.3 Å². The zero-order chi connectivity index (χ0) is 12.1. The van der Waals surface area contributed by atoms with Crippen LogP contribution in [-0.4, -0.2) is 13.7 Å². The fourth-order valence-corrected chi connectivity index (χ4v) is 0.858. The first-order chi connectivity index (χ1) is 7.36. The highest BCUT2D eigenvalue weighted by molar-refractivity contribution is 5.32. The molecule has 0 spiro atoms. The molecular formula is C13H24O2. The van der Waals surface area contributed by atoms with Crippen LogP contribution in [0.5, 0.6) is 11.5 Å². The molecule has 1 rings (SSSR count). The topological polar surface area (TPSA) is 18.5 Å². The first kappa shape index (κ1) is 16.3. The van der Waals surface area contributed by atoms with E-state index in [0.29, 0.717) is 6.61 Å². The van der Waals surface area contributed by atoms with Gasteiger partial charge in [0.25, 0.3) is 0 Å². The van der Waals surface area contributed by atoms with Gasteiger partial charge in [-0.15, -0.1) is 0 Å². The lowest BCUT2D eigenvalue weighted by Crippen LogP contribution is -1.91. The molecule has 0 unspecified atom stereocenters. The minimum Gasteiger partial charge on any atom is -0.497 e. The van der Waals surface area contributed by atoms with Crippen LogP contribution in [0.4, 0.5) is 0 Å². The number of hydrogen-bond acceptors (Lipinski definition) is 2. The molecule has 15 heavy (non-hydrogen) atoms. The summed E-state index contributed by atoms with van der Waals surface area (Å²) in [5, 5.41) is 0. The van der Waals surface area contributed by atoms with Crippen LogP contribution in [0.2, 0.25) is 0 Å². The van der Waals surface area contributed by atoms with E-state index in [2.05, 4.69) is 0 Å². The van der Waals surface area contributed by atoms with Crippen molar-refractivity contribution in [3.8, 4) is 11.5 Å². The highest BCUT2D eigenvalue weighted by Crippen LogP contribution is 2.18. The Kier molecular flexibility index (Phi) is 13.9. The van der Waals surface area contributed by atoms with E-state index >= 15 is 0 Å². The number of ether oxygens (including phenoxy) is 2. The quantitative estimate of drug-likeness (QED) is 0.749. The number of benzene rings is 1. The molecule has 0 saturated carbocycles. The van der Waals surface area contributed by atoms with Crippen LogP contribution in [0.1, 0.15) is 34.6 Å². The van der Waals surface area contributed by atoms with Gasteiger partial charge in [-0.25, -0.2) is 0 Å². The van der Waals surface area contributed by atoms with Crippen molar-refractivity contribution in [3.05, 3.63) is 24.3 Å². The molecule has 0 fully saturated rings. The molecule has 2 nitrogen and oxygen atoms in total. The average molecular weight is 212 g/mol. The molecule has 0 saturated heterocycles. The summed E-state index contributed by atoms with van der Waals surface area (Å²) >= 11 is 0. The Balaban J connectivity index is 0. The summed E-state index contributed by atoms with van der Waals surface area (Å²) in [5.74, 6) is 1.68.